The molecule has 0 bridgehead atoms. The van der Waals surface area contributed by atoms with Crippen LogP contribution in [0.15, 0.2) is 58.1 Å². The highest BCUT2D eigenvalue weighted by atomic mass is 16.5. The predicted molar refractivity (Wildman–Crippen MR) is 118 cm³/mol. The molecular formula is C23H26N4O4. The summed E-state index contributed by atoms with van der Waals surface area (Å²) in [5.41, 5.74) is 0.469. The molecule has 2 aromatic carbocycles. The van der Waals surface area contributed by atoms with Gasteiger partial charge in [0, 0.05) is 6.54 Å². The summed E-state index contributed by atoms with van der Waals surface area (Å²) >= 11 is 0. The predicted octanol–water partition coefficient (Wildman–Crippen LogP) is 2.15. The minimum absolute atomic E-state index is 0.0201. The maximum Gasteiger partial charge on any atom is 0.352 e. The van der Waals surface area contributed by atoms with Crippen molar-refractivity contribution in [1.29, 1.82) is 0 Å². The van der Waals surface area contributed by atoms with Gasteiger partial charge in [-0.15, -0.1) is 0 Å². The summed E-state index contributed by atoms with van der Waals surface area (Å²) in [5, 5.41) is 6.83. The van der Waals surface area contributed by atoms with E-state index in [1.165, 1.54) is 0 Å². The fraction of sp³-hybridized carbons (Fsp3) is 0.304. The van der Waals surface area contributed by atoms with E-state index in [1.54, 1.807) is 43.5 Å². The Morgan fingerprint density at radius 3 is 2.48 bits per heavy atom. The van der Waals surface area contributed by atoms with Gasteiger partial charge in [0.25, 0.3) is 11.5 Å². The first-order chi connectivity index (χ1) is 14.8. The molecule has 0 spiro atoms. The van der Waals surface area contributed by atoms with Crippen LogP contribution in [-0.2, 0) is 6.54 Å². The quantitative estimate of drug-likeness (QED) is 0.630. The normalized spacial score (nSPS) is 10.9. The molecule has 8 nitrogen and oxygen atoms in total. The number of methoxy groups -OCH3 is 1. The SMILES string of the molecule is COc1cccc(Cn2c(=O)c(C(=O)NCC(C)C)nn(-c3ccc(C)cc3)c2=O)c1. The molecule has 0 aliphatic rings. The van der Waals surface area contributed by atoms with Gasteiger partial charge in [0.05, 0.1) is 19.3 Å². The molecule has 0 unspecified atom stereocenters. The molecule has 0 atom stereocenters. The molecule has 162 valence electrons. The second-order valence-corrected chi connectivity index (χ2v) is 7.73. The van der Waals surface area contributed by atoms with Crippen molar-refractivity contribution in [3.05, 3.63) is 86.2 Å². The van der Waals surface area contributed by atoms with Crippen LogP contribution in [0.3, 0.4) is 0 Å². The third-order valence-electron chi connectivity index (χ3n) is 4.70. The highest BCUT2D eigenvalue weighted by Crippen LogP contribution is 2.13. The Hall–Kier alpha value is -3.68. The topological polar surface area (TPSA) is 95.2 Å². The molecule has 0 aliphatic heterocycles. The van der Waals surface area contributed by atoms with Crippen LogP contribution in [0.4, 0.5) is 0 Å². The van der Waals surface area contributed by atoms with Crippen LogP contribution in [0.1, 0.15) is 35.5 Å². The monoisotopic (exact) mass is 422 g/mol. The number of hydrogen-bond donors (Lipinski definition) is 1. The minimum Gasteiger partial charge on any atom is -0.497 e. The van der Waals surface area contributed by atoms with E-state index < -0.39 is 17.2 Å². The van der Waals surface area contributed by atoms with Crippen molar-refractivity contribution in [3.63, 3.8) is 0 Å². The lowest BCUT2D eigenvalue weighted by molar-refractivity contribution is 0.0939. The summed E-state index contributed by atoms with van der Waals surface area (Å²) in [7, 11) is 1.54. The molecule has 31 heavy (non-hydrogen) atoms. The third kappa shape index (κ3) is 5.09. The molecule has 0 radical (unpaired) electrons. The molecule has 1 amide bonds. The summed E-state index contributed by atoms with van der Waals surface area (Å²) in [6.07, 6.45) is 0. The Bertz CT molecular complexity index is 1190. The first-order valence-electron chi connectivity index (χ1n) is 10.0. The molecule has 3 aromatic rings. The second kappa shape index (κ2) is 9.42. The smallest absolute Gasteiger partial charge is 0.352 e. The van der Waals surface area contributed by atoms with E-state index >= 15 is 0 Å². The number of ether oxygens (including phenoxy) is 1. The van der Waals surface area contributed by atoms with Crippen LogP contribution in [0.25, 0.3) is 5.69 Å². The maximum atomic E-state index is 13.2. The van der Waals surface area contributed by atoms with Crippen LogP contribution in [0.5, 0.6) is 5.75 Å². The summed E-state index contributed by atoms with van der Waals surface area (Å²) in [6.45, 7) is 6.19. The van der Waals surface area contributed by atoms with E-state index in [4.69, 9.17) is 4.74 Å². The average Bonchev–Trinajstić information content (AvgIpc) is 2.76. The van der Waals surface area contributed by atoms with E-state index in [0.29, 0.717) is 23.5 Å². The first-order valence-corrected chi connectivity index (χ1v) is 10.0. The van der Waals surface area contributed by atoms with Gasteiger partial charge in [0.15, 0.2) is 0 Å². The van der Waals surface area contributed by atoms with Crippen LogP contribution < -0.4 is 21.3 Å². The largest absolute Gasteiger partial charge is 0.497 e. The van der Waals surface area contributed by atoms with Gasteiger partial charge in [0.1, 0.15) is 5.75 Å². The van der Waals surface area contributed by atoms with Gasteiger partial charge < -0.3 is 10.1 Å². The van der Waals surface area contributed by atoms with Gasteiger partial charge in [-0.2, -0.15) is 9.78 Å². The van der Waals surface area contributed by atoms with E-state index in [9.17, 15) is 14.4 Å². The fourth-order valence-corrected chi connectivity index (χ4v) is 2.98. The number of amides is 1. The van der Waals surface area contributed by atoms with E-state index in [0.717, 1.165) is 14.8 Å². The second-order valence-electron chi connectivity index (χ2n) is 7.73. The van der Waals surface area contributed by atoms with Crippen LogP contribution in [0, 0.1) is 12.8 Å². The lowest BCUT2D eigenvalue weighted by Crippen LogP contribution is -2.46. The number of rotatable bonds is 7. The number of aromatic nitrogens is 3. The van der Waals surface area contributed by atoms with Crippen molar-refractivity contribution in [1.82, 2.24) is 19.7 Å². The van der Waals surface area contributed by atoms with Crippen molar-refractivity contribution in [2.75, 3.05) is 13.7 Å². The zero-order valence-electron chi connectivity index (χ0n) is 18.1. The zero-order valence-corrected chi connectivity index (χ0v) is 18.1. The lowest BCUT2D eigenvalue weighted by Gasteiger charge is -2.13. The number of hydrogen-bond acceptors (Lipinski definition) is 5. The lowest BCUT2D eigenvalue weighted by atomic mass is 10.2. The van der Waals surface area contributed by atoms with Gasteiger partial charge in [-0.05, 0) is 42.7 Å². The number of carbonyl (C=O) groups excluding carboxylic acids is 1. The van der Waals surface area contributed by atoms with Gasteiger partial charge >= 0.3 is 5.69 Å². The number of nitrogens with zero attached hydrogens (tertiary/aromatic N) is 3. The number of nitrogens with one attached hydrogen (secondary N) is 1. The maximum absolute atomic E-state index is 13.2. The molecule has 1 N–H and O–H groups in total. The molecule has 0 saturated carbocycles. The molecule has 1 aromatic heterocycles. The summed E-state index contributed by atoms with van der Waals surface area (Å²) in [5.74, 6) is 0.193. The standard InChI is InChI=1S/C23H26N4O4/c1-15(2)13-24-21(28)20-22(29)26(14-17-6-5-7-19(12-17)31-4)23(30)27(25-20)18-10-8-16(3)9-11-18/h5-12,15H,13-14H2,1-4H3,(H,24,28). The molecule has 1 heterocycles. The van der Waals surface area contributed by atoms with Crippen LogP contribution in [0.2, 0.25) is 0 Å². The molecule has 0 aliphatic carbocycles. The van der Waals surface area contributed by atoms with E-state index in [2.05, 4.69) is 10.4 Å². The van der Waals surface area contributed by atoms with Crippen molar-refractivity contribution < 1.29 is 9.53 Å². The molecule has 8 heteroatoms. The molecule has 0 fully saturated rings. The summed E-state index contributed by atoms with van der Waals surface area (Å²) < 4.78 is 7.33. The fourth-order valence-electron chi connectivity index (χ4n) is 2.98. The molecular weight excluding hydrogens is 396 g/mol. The highest BCUT2D eigenvalue weighted by molar-refractivity contribution is 5.91. The number of carbonyl (C=O) groups is 1. The first kappa shape index (κ1) is 22.0. The Morgan fingerprint density at radius 2 is 1.84 bits per heavy atom. The van der Waals surface area contributed by atoms with Crippen molar-refractivity contribution in [3.8, 4) is 11.4 Å². The third-order valence-corrected chi connectivity index (χ3v) is 4.70. The molecule has 0 saturated heterocycles. The molecule has 3 rings (SSSR count). The Balaban J connectivity index is 2.15. The zero-order chi connectivity index (χ0) is 22.5. The van der Waals surface area contributed by atoms with Gasteiger partial charge in [-0.3, -0.25) is 14.2 Å². The summed E-state index contributed by atoms with van der Waals surface area (Å²) in [4.78, 5) is 38.9. The van der Waals surface area contributed by atoms with Crippen molar-refractivity contribution >= 4 is 5.91 Å². The Kier molecular flexibility index (Phi) is 6.69. The van der Waals surface area contributed by atoms with Gasteiger partial charge in [-0.25, -0.2) is 4.79 Å². The van der Waals surface area contributed by atoms with E-state index in [1.807, 2.05) is 32.9 Å². The number of benzene rings is 2. The Labute approximate surface area is 180 Å². The van der Waals surface area contributed by atoms with Crippen molar-refractivity contribution in [2.24, 2.45) is 5.92 Å². The summed E-state index contributed by atoms with van der Waals surface area (Å²) in [6, 6.07) is 14.2. The van der Waals surface area contributed by atoms with Gasteiger partial charge in [-0.1, -0.05) is 43.7 Å². The van der Waals surface area contributed by atoms with Crippen LogP contribution in [-0.4, -0.2) is 33.9 Å². The average molecular weight is 422 g/mol. The van der Waals surface area contributed by atoms with Crippen LogP contribution >= 0.6 is 0 Å². The Morgan fingerprint density at radius 1 is 1.13 bits per heavy atom. The number of aryl methyl sites for hydroxylation is 1. The van der Waals surface area contributed by atoms with Crippen molar-refractivity contribution in [2.45, 2.75) is 27.3 Å². The van der Waals surface area contributed by atoms with Gasteiger partial charge in [0.2, 0.25) is 5.69 Å². The highest BCUT2D eigenvalue weighted by Gasteiger charge is 2.20. The minimum atomic E-state index is -0.738. The van der Waals surface area contributed by atoms with E-state index in [-0.39, 0.29) is 18.2 Å².